The Kier molecular flexibility index (Phi) is 6.54. The predicted molar refractivity (Wildman–Crippen MR) is 152 cm³/mol. The second kappa shape index (κ2) is 10.3. The number of nitrogens with zero attached hydrogens (tertiary/aromatic N) is 1. The molecule has 4 aromatic rings. The lowest BCUT2D eigenvalue weighted by molar-refractivity contribution is 0.102. The van der Waals surface area contributed by atoms with Crippen molar-refractivity contribution in [3.63, 3.8) is 0 Å². The normalized spacial score (nSPS) is 18.3. The summed E-state index contributed by atoms with van der Waals surface area (Å²) in [6.07, 6.45) is 6.60. The molecule has 1 saturated heterocycles. The molecule has 4 heterocycles. The van der Waals surface area contributed by atoms with Crippen LogP contribution in [0.15, 0.2) is 73.1 Å². The predicted octanol–water partition coefficient (Wildman–Crippen LogP) is 5.39. The number of hydrogen-bond donors (Lipinski definition) is 5. The lowest BCUT2D eigenvalue weighted by Crippen LogP contribution is -2.27. The van der Waals surface area contributed by atoms with Crippen molar-refractivity contribution in [3.8, 4) is 11.1 Å². The highest BCUT2D eigenvalue weighted by Crippen LogP contribution is 2.43. The first-order valence-electron chi connectivity index (χ1n) is 13.1. The smallest absolute Gasteiger partial charge is 0.258 e. The van der Waals surface area contributed by atoms with Crippen LogP contribution in [0.1, 0.15) is 51.6 Å². The van der Waals surface area contributed by atoms with Gasteiger partial charge < -0.3 is 26.0 Å². The molecule has 7 nitrogen and oxygen atoms in total. The van der Waals surface area contributed by atoms with Gasteiger partial charge in [-0.1, -0.05) is 42.5 Å². The third-order valence-electron chi connectivity index (χ3n) is 7.50. The summed E-state index contributed by atoms with van der Waals surface area (Å²) in [6, 6.07) is 19.7. The number of aromatic nitrogens is 2. The molecule has 0 radical (unpaired) electrons. The number of fused-ring (bicyclic) bond motifs is 1. The largest absolute Gasteiger partial charge is 0.369 e. The second-order valence-corrected chi connectivity index (χ2v) is 9.91. The number of benzene rings is 2. The van der Waals surface area contributed by atoms with E-state index in [2.05, 4.69) is 38.1 Å². The Hall–Kier alpha value is -4.20. The summed E-state index contributed by atoms with van der Waals surface area (Å²) < 4.78 is 0. The Bertz CT molecular complexity index is 1490. The molecule has 6 rings (SSSR count). The number of H-pyrrole nitrogens is 1. The summed E-state index contributed by atoms with van der Waals surface area (Å²) in [5.41, 5.74) is 8.63. The van der Waals surface area contributed by atoms with E-state index in [1.54, 1.807) is 24.5 Å². The second-order valence-electron chi connectivity index (χ2n) is 9.91. The van der Waals surface area contributed by atoms with Gasteiger partial charge in [0, 0.05) is 51.9 Å². The van der Waals surface area contributed by atoms with E-state index in [1.807, 2.05) is 49.4 Å². The quantitative estimate of drug-likeness (QED) is 0.250. The minimum atomic E-state index is -0.839. The molecule has 5 N–H and O–H groups in total. The van der Waals surface area contributed by atoms with Gasteiger partial charge in [0.2, 0.25) is 0 Å². The Morgan fingerprint density at radius 3 is 2.53 bits per heavy atom. The molecular weight excluding hydrogens is 474 g/mol. The summed E-state index contributed by atoms with van der Waals surface area (Å²) >= 11 is 0. The van der Waals surface area contributed by atoms with E-state index in [0.717, 1.165) is 65.3 Å². The fourth-order valence-corrected chi connectivity index (χ4v) is 5.73. The van der Waals surface area contributed by atoms with Gasteiger partial charge in [-0.15, -0.1) is 0 Å². The van der Waals surface area contributed by atoms with Crippen LogP contribution in [0.2, 0.25) is 0 Å². The number of carbonyl (C=O) groups excluding carboxylic acids is 1. The van der Waals surface area contributed by atoms with Gasteiger partial charge in [-0.05, 0) is 74.2 Å². The van der Waals surface area contributed by atoms with Crippen molar-refractivity contribution in [1.29, 1.82) is 0 Å². The Morgan fingerprint density at radius 1 is 1.00 bits per heavy atom. The molecular formula is C31H31N5O2. The van der Waals surface area contributed by atoms with Crippen LogP contribution in [0.3, 0.4) is 0 Å². The summed E-state index contributed by atoms with van der Waals surface area (Å²) in [5.74, 6) is 0.233. The number of rotatable bonds is 5. The molecule has 1 fully saturated rings. The number of aromatic amines is 1. The first-order valence-corrected chi connectivity index (χ1v) is 13.1. The first-order chi connectivity index (χ1) is 18.6. The van der Waals surface area contributed by atoms with Gasteiger partial charge in [-0.2, -0.15) is 0 Å². The van der Waals surface area contributed by atoms with Gasteiger partial charge in [0.25, 0.3) is 5.91 Å². The van der Waals surface area contributed by atoms with Crippen LogP contribution in [0.4, 0.5) is 11.4 Å². The van der Waals surface area contributed by atoms with Crippen LogP contribution in [0.25, 0.3) is 22.8 Å². The van der Waals surface area contributed by atoms with Crippen molar-refractivity contribution < 1.29 is 9.90 Å². The van der Waals surface area contributed by atoms with Crippen LogP contribution in [0, 0.1) is 6.92 Å². The number of carbonyl (C=O) groups is 1. The van der Waals surface area contributed by atoms with E-state index < -0.39 is 6.23 Å². The molecule has 192 valence electrons. The maximum Gasteiger partial charge on any atom is 0.258 e. The highest BCUT2D eigenvalue weighted by molar-refractivity contribution is 6.11. The lowest BCUT2D eigenvalue weighted by Gasteiger charge is -2.25. The molecule has 2 aliphatic heterocycles. The zero-order valence-corrected chi connectivity index (χ0v) is 21.3. The Balaban J connectivity index is 1.48. The van der Waals surface area contributed by atoms with Crippen LogP contribution in [-0.2, 0) is 0 Å². The van der Waals surface area contributed by atoms with Gasteiger partial charge >= 0.3 is 0 Å². The van der Waals surface area contributed by atoms with Crippen molar-refractivity contribution in [2.75, 3.05) is 23.7 Å². The zero-order valence-electron chi connectivity index (χ0n) is 21.3. The molecule has 1 atom stereocenters. The van der Waals surface area contributed by atoms with Crippen molar-refractivity contribution in [3.05, 3.63) is 101 Å². The molecule has 38 heavy (non-hydrogen) atoms. The molecule has 1 unspecified atom stereocenters. The Labute approximate surface area is 222 Å². The third kappa shape index (κ3) is 4.51. The molecule has 0 saturated carbocycles. The summed E-state index contributed by atoms with van der Waals surface area (Å²) in [5, 5.41) is 20.9. The molecule has 1 amide bonds. The van der Waals surface area contributed by atoms with E-state index in [1.165, 1.54) is 5.56 Å². The van der Waals surface area contributed by atoms with E-state index in [0.29, 0.717) is 17.2 Å². The van der Waals surface area contributed by atoms with Crippen molar-refractivity contribution in [2.45, 2.75) is 31.9 Å². The highest BCUT2D eigenvalue weighted by atomic mass is 16.3. The topological polar surface area (TPSA) is 102 Å². The summed E-state index contributed by atoms with van der Waals surface area (Å²) in [7, 11) is 0. The standard InChI is InChI=1S/C31H31N5O2/c1-19-27(31(38)35-22-12-16-33-17-13-22)28(21-6-3-2-4-7-21)26(34-19)18-24-29-23(20-10-14-32-15-11-20)8-5-9-25(29)36-30(24)37/h2-9,12-13,16-18,20,30,32,34,36-37H,10-11,14-15H2,1H3,(H,33,35,38)/b24-18-. The van der Waals surface area contributed by atoms with Crippen LogP contribution in [-0.4, -0.2) is 40.3 Å². The fraction of sp³-hybridized carbons (Fsp3) is 0.226. The van der Waals surface area contributed by atoms with Gasteiger partial charge in [0.15, 0.2) is 6.23 Å². The maximum absolute atomic E-state index is 13.6. The molecule has 0 bridgehead atoms. The van der Waals surface area contributed by atoms with Gasteiger partial charge in [0.05, 0.1) is 5.56 Å². The highest BCUT2D eigenvalue weighted by Gasteiger charge is 2.31. The monoisotopic (exact) mass is 505 g/mol. The summed E-state index contributed by atoms with van der Waals surface area (Å²) in [4.78, 5) is 21.1. The number of nitrogens with one attached hydrogen (secondary N) is 4. The third-order valence-corrected chi connectivity index (χ3v) is 7.50. The number of piperidine rings is 1. The number of aryl methyl sites for hydroxylation is 1. The van der Waals surface area contributed by atoms with Crippen molar-refractivity contribution in [1.82, 2.24) is 15.3 Å². The SMILES string of the molecule is Cc1[nH]c(/C=C2/c3c(cccc3C3CCNCC3)NC2O)c(-c2ccccc2)c1C(=O)Nc1ccncc1. The maximum atomic E-state index is 13.6. The van der Waals surface area contributed by atoms with E-state index in [-0.39, 0.29) is 5.91 Å². The van der Waals surface area contributed by atoms with E-state index in [4.69, 9.17) is 0 Å². The zero-order chi connectivity index (χ0) is 26.1. The number of anilines is 2. The fourth-order valence-electron chi connectivity index (χ4n) is 5.73. The number of aliphatic hydroxyl groups excluding tert-OH is 1. The van der Waals surface area contributed by atoms with Crippen LogP contribution < -0.4 is 16.0 Å². The molecule has 0 aliphatic carbocycles. The molecule has 7 heteroatoms. The van der Waals surface area contributed by atoms with Crippen LogP contribution >= 0.6 is 0 Å². The van der Waals surface area contributed by atoms with Gasteiger partial charge in [0.1, 0.15) is 0 Å². The summed E-state index contributed by atoms with van der Waals surface area (Å²) in [6.45, 7) is 3.90. The minimum Gasteiger partial charge on any atom is -0.369 e. The minimum absolute atomic E-state index is 0.200. The van der Waals surface area contributed by atoms with Crippen LogP contribution in [0.5, 0.6) is 0 Å². The van der Waals surface area contributed by atoms with E-state index in [9.17, 15) is 9.90 Å². The molecule has 0 spiro atoms. The molecule has 2 aromatic heterocycles. The number of amides is 1. The van der Waals surface area contributed by atoms with Crippen molar-refractivity contribution >= 4 is 28.9 Å². The number of hydrogen-bond acceptors (Lipinski definition) is 5. The average molecular weight is 506 g/mol. The first kappa shape index (κ1) is 24.2. The van der Waals surface area contributed by atoms with Crippen molar-refractivity contribution in [2.24, 2.45) is 0 Å². The Morgan fingerprint density at radius 2 is 1.76 bits per heavy atom. The number of pyridine rings is 1. The van der Waals surface area contributed by atoms with E-state index >= 15 is 0 Å². The van der Waals surface area contributed by atoms with Gasteiger partial charge in [-0.25, -0.2) is 0 Å². The number of aliphatic hydroxyl groups is 1. The lowest BCUT2D eigenvalue weighted by atomic mass is 9.84. The average Bonchev–Trinajstić information content (AvgIpc) is 3.45. The molecule has 2 aromatic carbocycles. The van der Waals surface area contributed by atoms with Gasteiger partial charge in [-0.3, -0.25) is 9.78 Å². The molecule has 2 aliphatic rings.